The van der Waals surface area contributed by atoms with Crippen LogP contribution in [0.15, 0.2) is 289 Å². The van der Waals surface area contributed by atoms with Gasteiger partial charge in [0.15, 0.2) is 28.9 Å². The Bertz CT molecular complexity index is 5570. The van der Waals surface area contributed by atoms with Gasteiger partial charge in [0.05, 0.1) is 44.9 Å². The topological polar surface area (TPSA) is 264 Å². The highest BCUT2D eigenvalue weighted by atomic mass is 32.2. The summed E-state index contributed by atoms with van der Waals surface area (Å²) < 4.78 is 34.4. The molecule has 13 rings (SSSR count). The van der Waals surface area contributed by atoms with Crippen molar-refractivity contribution in [1.29, 1.82) is 0 Å². The normalized spacial score (nSPS) is 10.5. The number of aromatic nitrogens is 2. The Morgan fingerprint density at radius 1 is 0.379 bits per heavy atom. The minimum atomic E-state index is -1.30. The lowest BCUT2D eigenvalue weighted by molar-refractivity contribution is -0.137. The van der Waals surface area contributed by atoms with Gasteiger partial charge in [0.2, 0.25) is 0 Å². The first kappa shape index (κ1) is 87.7. The van der Waals surface area contributed by atoms with Crippen LogP contribution >= 0.6 is 0 Å². The number of ketones is 5. The molecule has 0 radical (unpaired) electrons. The number of phenolic OH excluding ortho intramolecular Hbond substituents is 2. The van der Waals surface area contributed by atoms with E-state index in [9.17, 15) is 48.0 Å². The number of carboxylic acid groups (broad SMARTS) is 1. The number of aliphatic carboxylic acids is 1. The predicted molar refractivity (Wildman–Crippen MR) is 458 cm³/mol. The number of phenols is 2. The Labute approximate surface area is 679 Å². The number of carboxylic acids is 1. The maximum Gasteiger partial charge on any atom is 0.325 e. The van der Waals surface area contributed by atoms with Crippen LogP contribution in [-0.2, 0) is 28.6 Å². The monoisotopic (exact) mass is 1570 g/mol. The summed E-state index contributed by atoms with van der Waals surface area (Å²) in [4.78, 5) is 80.1. The van der Waals surface area contributed by atoms with E-state index in [1.165, 1.54) is 36.2 Å². The van der Waals surface area contributed by atoms with Crippen molar-refractivity contribution < 1.29 is 72.0 Å². The first-order chi connectivity index (χ1) is 55.6. The van der Waals surface area contributed by atoms with Crippen LogP contribution in [0.2, 0.25) is 0 Å². The highest BCUT2D eigenvalue weighted by Gasteiger charge is 2.14. The zero-order chi connectivity index (χ0) is 84.1. The van der Waals surface area contributed by atoms with Gasteiger partial charge in [0, 0.05) is 60.6 Å². The first-order valence-electron chi connectivity index (χ1n) is 36.9. The van der Waals surface area contributed by atoms with E-state index in [-0.39, 0.29) is 52.9 Å². The molecule has 13 aromatic rings. The fraction of sp³-hybridized carbons (Fsp3) is 0.155. The fourth-order valence-electron chi connectivity index (χ4n) is 11.9. The van der Waals surface area contributed by atoms with Crippen molar-refractivity contribution in [2.24, 2.45) is 0 Å². The maximum atomic E-state index is 12.2. The number of rotatable bonds is 21. The minimum absolute atomic E-state index is 0.0167. The Hall–Kier alpha value is -13.9. The molecular formula is C97H93N3O15S. The molecule has 19 heteroatoms. The van der Waals surface area contributed by atoms with Crippen LogP contribution in [0, 0.1) is 20.8 Å². The number of aryl methyl sites for hydroxylation is 4. The van der Waals surface area contributed by atoms with E-state index in [0.717, 1.165) is 119 Å². The standard InChI is InChI=1S/C20H20N2O3.C16H15NO3.2C16H16O2.C15H14O2.C14H12O3S/c1-3-14-12-17(8-9-19(14)25-2)15-4-6-16(7-5-15)18-10-11-22(21-18)13-20(23)24;1-11(18)12-3-5-13(6-4-12)16(19)17-14-7-9-15(20-2)10-8-14;1-11-10-14(12(2)17)6-9-16(11)13-4-7-15(18-3)8-5-13;1-11-10-15(18-3)8-9-16(11)14-6-4-13(5-7-14)12(2)17;1-10-9-13(11(2)16)5-8-15(10)12-3-6-14(17)7-4-12;1-10(15)11-2-6-13(7-3-11)18(17)14-8-4-12(16)5-9-14/h4-12H,3,13H2,1-2H3,(H,23,24);3-10H,1-2H3,(H,17,19);2*4-10H,1-3H3;3-9,17H,1-2H3;2-9,16H,1H3. The number of carbonyl (C=O) groups is 7. The second-order valence-corrected chi connectivity index (χ2v) is 28.2. The summed E-state index contributed by atoms with van der Waals surface area (Å²) in [6, 6.07) is 82.8. The van der Waals surface area contributed by atoms with Crippen LogP contribution in [0.5, 0.6) is 34.5 Å². The number of benzene rings is 12. The molecule has 0 aliphatic rings. The second kappa shape index (κ2) is 42.7. The van der Waals surface area contributed by atoms with Crippen molar-refractivity contribution in [3.8, 4) is 90.3 Å². The zero-order valence-corrected chi connectivity index (χ0v) is 67.8. The number of anilines is 1. The molecule has 116 heavy (non-hydrogen) atoms. The van der Waals surface area contributed by atoms with Gasteiger partial charge in [0.25, 0.3) is 5.91 Å². The number of amides is 1. The van der Waals surface area contributed by atoms with Crippen LogP contribution in [0.25, 0.3) is 55.8 Å². The predicted octanol–water partition coefficient (Wildman–Crippen LogP) is 21.1. The highest BCUT2D eigenvalue weighted by molar-refractivity contribution is 7.85. The van der Waals surface area contributed by atoms with Gasteiger partial charge in [-0.05, 0) is 268 Å². The van der Waals surface area contributed by atoms with Crippen molar-refractivity contribution in [2.45, 2.75) is 85.1 Å². The summed E-state index contributed by atoms with van der Waals surface area (Å²) in [6.45, 7) is 15.7. The average Bonchev–Trinajstić information content (AvgIpc) is 1.21. The van der Waals surface area contributed by atoms with Crippen LogP contribution in [0.4, 0.5) is 5.69 Å². The van der Waals surface area contributed by atoms with E-state index >= 15 is 0 Å². The molecule has 12 aromatic carbocycles. The number of ether oxygens (including phenoxy) is 4. The lowest BCUT2D eigenvalue weighted by Crippen LogP contribution is -2.11. The van der Waals surface area contributed by atoms with Gasteiger partial charge in [0.1, 0.15) is 41.0 Å². The van der Waals surface area contributed by atoms with Crippen molar-refractivity contribution >= 4 is 57.3 Å². The summed E-state index contributed by atoms with van der Waals surface area (Å²) >= 11 is 0. The summed E-state index contributed by atoms with van der Waals surface area (Å²) in [7, 11) is 5.29. The average molecular weight is 1570 g/mol. The summed E-state index contributed by atoms with van der Waals surface area (Å²) in [5.74, 6) is 2.84. The quantitative estimate of drug-likeness (QED) is 0.0487. The molecule has 1 atom stereocenters. The molecule has 0 spiro atoms. The molecule has 18 nitrogen and oxygen atoms in total. The number of hydrogen-bond acceptors (Lipinski definition) is 15. The van der Waals surface area contributed by atoms with Crippen molar-refractivity contribution in [1.82, 2.24) is 9.78 Å². The summed E-state index contributed by atoms with van der Waals surface area (Å²) in [6.07, 6.45) is 2.59. The molecule has 592 valence electrons. The minimum Gasteiger partial charge on any atom is -0.508 e. The van der Waals surface area contributed by atoms with Gasteiger partial charge in [-0.3, -0.25) is 38.2 Å². The van der Waals surface area contributed by atoms with Crippen LogP contribution in [0.3, 0.4) is 0 Å². The molecule has 0 aliphatic carbocycles. The number of aromatic hydroxyl groups is 2. The van der Waals surface area contributed by atoms with Crippen LogP contribution in [-0.4, -0.2) is 98.5 Å². The first-order valence-corrected chi connectivity index (χ1v) is 38.1. The third-order valence-electron chi connectivity index (χ3n) is 18.4. The van der Waals surface area contributed by atoms with Crippen LogP contribution < -0.4 is 24.3 Å². The molecule has 0 bridgehead atoms. The number of carbonyl (C=O) groups excluding carboxylic acids is 6. The highest BCUT2D eigenvalue weighted by Crippen LogP contribution is 2.33. The molecule has 4 N–H and O–H groups in total. The fourth-order valence-corrected chi connectivity index (χ4v) is 12.9. The Balaban J connectivity index is 0.000000175. The Morgan fingerprint density at radius 2 is 0.733 bits per heavy atom. The smallest absolute Gasteiger partial charge is 0.325 e. The second-order valence-electron chi connectivity index (χ2n) is 26.7. The van der Waals surface area contributed by atoms with E-state index < -0.39 is 16.8 Å². The Kier molecular flexibility index (Phi) is 32.2. The summed E-state index contributed by atoms with van der Waals surface area (Å²) in [5.41, 5.74) is 19.7. The Morgan fingerprint density at radius 3 is 1.16 bits per heavy atom. The number of methoxy groups -OCH3 is 4. The van der Waals surface area contributed by atoms with E-state index in [4.69, 9.17) is 24.1 Å². The van der Waals surface area contributed by atoms with Gasteiger partial charge in [-0.2, -0.15) is 5.10 Å². The van der Waals surface area contributed by atoms with E-state index in [1.807, 2.05) is 166 Å². The van der Waals surface area contributed by atoms with Crippen LogP contribution in [0.1, 0.15) is 126 Å². The number of Topliss-reactive ketones (excluding diaryl/α,β-unsaturated/α-hetero) is 5. The zero-order valence-electron chi connectivity index (χ0n) is 67.0. The van der Waals surface area contributed by atoms with Gasteiger partial charge in [-0.25, -0.2) is 4.21 Å². The van der Waals surface area contributed by atoms with Gasteiger partial charge < -0.3 is 39.6 Å². The number of nitrogens with one attached hydrogen (secondary N) is 1. The molecule has 0 saturated carbocycles. The maximum absolute atomic E-state index is 12.2. The third kappa shape index (κ3) is 25.3. The van der Waals surface area contributed by atoms with Crippen molar-refractivity contribution in [2.75, 3.05) is 33.8 Å². The molecule has 1 heterocycles. The van der Waals surface area contributed by atoms with E-state index in [0.29, 0.717) is 32.2 Å². The van der Waals surface area contributed by atoms with E-state index in [1.54, 1.807) is 152 Å². The molecular weight excluding hydrogens is 1480 g/mol. The SMILES string of the molecule is CC(=O)c1ccc(-c2ccc(O)cc2)c(C)c1.CC(=O)c1ccc(S(=O)c2ccc(O)cc2)cc1.CCc1cc(-c2ccc(-c3ccn(CC(=O)O)n3)cc2)ccc1OC.COc1ccc(-c2ccc(C(C)=O)cc2)c(C)c1.COc1ccc(-c2ccc(C(C)=O)cc2C)cc1.COc1ccc(NC(=O)c2ccc(C(C)=O)cc2)cc1. The van der Waals surface area contributed by atoms with Gasteiger partial charge >= 0.3 is 5.97 Å². The molecule has 1 amide bonds. The number of hydrogen-bond donors (Lipinski definition) is 4. The van der Waals surface area contributed by atoms with E-state index in [2.05, 4.69) is 36.4 Å². The molecule has 0 aliphatic heterocycles. The van der Waals surface area contributed by atoms with Crippen molar-refractivity contribution in [3.05, 3.63) is 335 Å². The molecule has 0 saturated heterocycles. The molecule has 0 fully saturated rings. The molecule has 1 unspecified atom stereocenters. The molecule has 1 aromatic heterocycles. The lowest BCUT2D eigenvalue weighted by atomic mass is 9.97. The van der Waals surface area contributed by atoms with Gasteiger partial charge in [-0.1, -0.05) is 140 Å². The lowest BCUT2D eigenvalue weighted by Gasteiger charge is -2.10. The van der Waals surface area contributed by atoms with Gasteiger partial charge in [-0.15, -0.1) is 0 Å². The summed E-state index contributed by atoms with van der Waals surface area (Å²) in [5, 5.41) is 34.3. The largest absolute Gasteiger partial charge is 0.508 e. The third-order valence-corrected chi connectivity index (χ3v) is 19.8. The number of nitrogens with zero attached hydrogens (tertiary/aromatic N) is 2. The van der Waals surface area contributed by atoms with Crippen molar-refractivity contribution in [3.63, 3.8) is 0 Å².